The quantitative estimate of drug-likeness (QED) is 0.312. The average molecular weight is 609 g/mol. The fourth-order valence-electron chi connectivity index (χ4n) is 2.23. The number of nitrogens with one attached hydrogen (secondary N) is 1. The van der Waals surface area contributed by atoms with E-state index in [0.717, 1.165) is 12.7 Å². The van der Waals surface area contributed by atoms with Crippen LogP contribution in [0.15, 0.2) is 48.7 Å². The largest absolute Gasteiger partial charge is 0.508 e. The summed E-state index contributed by atoms with van der Waals surface area (Å²) in [6.07, 6.45) is -0.789. The Hall–Kier alpha value is -2.02. The number of ether oxygens (including phenoxy) is 2. The molecule has 1 atom stereocenters. The molecule has 0 aliphatic rings. The number of halogens is 2. The van der Waals surface area contributed by atoms with E-state index in [4.69, 9.17) is 9.47 Å². The highest BCUT2D eigenvalue weighted by molar-refractivity contribution is 14.1. The van der Waals surface area contributed by atoms with Gasteiger partial charge in [-0.1, -0.05) is 6.58 Å². The topological polar surface area (TPSA) is 105 Å². The van der Waals surface area contributed by atoms with Crippen molar-refractivity contribution in [1.29, 1.82) is 0 Å². The molecule has 2 aromatic rings. The van der Waals surface area contributed by atoms with Crippen LogP contribution in [0.25, 0.3) is 0 Å². The molecule has 1 amide bonds. The van der Waals surface area contributed by atoms with E-state index in [9.17, 15) is 19.8 Å². The Kier molecular flexibility index (Phi) is 7.92. The van der Waals surface area contributed by atoms with Crippen molar-refractivity contribution < 1.29 is 29.3 Å². The lowest BCUT2D eigenvalue weighted by Crippen LogP contribution is -2.42. The number of alkyl carbamates (subject to hydrolysis) is 1. The van der Waals surface area contributed by atoms with E-state index in [1.54, 1.807) is 24.3 Å². The molecule has 0 bridgehead atoms. The van der Waals surface area contributed by atoms with Gasteiger partial charge in [0.25, 0.3) is 0 Å². The van der Waals surface area contributed by atoms with Crippen molar-refractivity contribution >= 4 is 57.2 Å². The van der Waals surface area contributed by atoms with Crippen LogP contribution in [0.3, 0.4) is 0 Å². The van der Waals surface area contributed by atoms with Crippen molar-refractivity contribution in [3.05, 3.63) is 61.4 Å². The predicted molar refractivity (Wildman–Crippen MR) is 120 cm³/mol. The summed E-state index contributed by atoms with van der Waals surface area (Å²) in [6, 6.07) is 8.77. The first-order valence-electron chi connectivity index (χ1n) is 7.97. The summed E-state index contributed by atoms with van der Waals surface area (Å²) in [7, 11) is 0. The summed E-state index contributed by atoms with van der Waals surface area (Å²) in [5, 5.41) is 21.1. The van der Waals surface area contributed by atoms with Crippen molar-refractivity contribution in [3.8, 4) is 17.2 Å². The molecule has 0 spiro atoms. The van der Waals surface area contributed by atoms with Gasteiger partial charge in [-0.3, -0.25) is 0 Å². The molecule has 0 aliphatic carbocycles. The number of amides is 1. The Morgan fingerprint density at radius 3 is 2.25 bits per heavy atom. The van der Waals surface area contributed by atoms with Gasteiger partial charge in [0, 0.05) is 6.42 Å². The lowest BCUT2D eigenvalue weighted by atomic mass is 10.1. The van der Waals surface area contributed by atoms with Crippen LogP contribution in [0.4, 0.5) is 4.79 Å². The van der Waals surface area contributed by atoms with Crippen LogP contribution < -0.4 is 10.1 Å². The molecule has 0 fully saturated rings. The first kappa shape index (κ1) is 22.3. The zero-order valence-corrected chi connectivity index (χ0v) is 19.1. The second-order valence-electron chi connectivity index (χ2n) is 5.82. The number of hydrogen-bond acceptors (Lipinski definition) is 5. The number of aliphatic carboxylic acids is 1. The van der Waals surface area contributed by atoms with Crippen molar-refractivity contribution in [2.24, 2.45) is 0 Å². The van der Waals surface area contributed by atoms with Crippen LogP contribution in [0.2, 0.25) is 0 Å². The van der Waals surface area contributed by atoms with E-state index in [1.807, 2.05) is 0 Å². The number of hydrogen-bond donors (Lipinski definition) is 3. The molecule has 0 aliphatic heterocycles. The number of carboxylic acid groups (broad SMARTS) is 1. The third kappa shape index (κ3) is 6.55. The molecule has 148 valence electrons. The first-order valence-corrected chi connectivity index (χ1v) is 10.1. The number of benzene rings is 2. The number of rotatable bonds is 7. The van der Waals surface area contributed by atoms with E-state index >= 15 is 0 Å². The van der Waals surface area contributed by atoms with Crippen LogP contribution in [0.1, 0.15) is 12.5 Å². The molecule has 0 saturated carbocycles. The maximum atomic E-state index is 11.7. The van der Waals surface area contributed by atoms with Crippen molar-refractivity contribution in [1.82, 2.24) is 5.32 Å². The van der Waals surface area contributed by atoms with E-state index in [2.05, 4.69) is 57.1 Å². The van der Waals surface area contributed by atoms with Gasteiger partial charge in [-0.2, -0.15) is 0 Å². The fraction of sp³-hybridized carbons (Fsp3) is 0.158. The number of phenolic OH excluding ortho intramolecular Hbond substituents is 1. The second kappa shape index (κ2) is 9.96. The summed E-state index contributed by atoms with van der Waals surface area (Å²) in [4.78, 5) is 23.2. The molecule has 0 saturated heterocycles. The lowest BCUT2D eigenvalue weighted by Gasteiger charge is -2.16. The van der Waals surface area contributed by atoms with Gasteiger partial charge in [0.1, 0.15) is 17.5 Å². The number of phenols is 1. The summed E-state index contributed by atoms with van der Waals surface area (Å²) in [5.41, 5.74) is 0.717. The molecule has 0 aromatic heterocycles. The number of aromatic hydroxyl groups is 1. The van der Waals surface area contributed by atoms with Gasteiger partial charge in [0.05, 0.1) is 12.9 Å². The van der Waals surface area contributed by atoms with Crippen LogP contribution in [0, 0.1) is 7.14 Å². The maximum Gasteiger partial charge on any atom is 0.412 e. The van der Waals surface area contributed by atoms with E-state index in [0.29, 0.717) is 11.5 Å². The van der Waals surface area contributed by atoms with Crippen molar-refractivity contribution in [2.75, 3.05) is 0 Å². The zero-order valence-electron chi connectivity index (χ0n) is 14.7. The minimum absolute atomic E-state index is 0.0755. The Bertz CT molecular complexity index is 875. The molecule has 0 heterocycles. The van der Waals surface area contributed by atoms with E-state index in [-0.39, 0.29) is 17.9 Å². The molecule has 2 aromatic carbocycles. The van der Waals surface area contributed by atoms with Crippen molar-refractivity contribution in [3.63, 3.8) is 0 Å². The lowest BCUT2D eigenvalue weighted by molar-refractivity contribution is -0.139. The monoisotopic (exact) mass is 609 g/mol. The molecule has 0 radical (unpaired) electrons. The second-order valence-corrected chi connectivity index (χ2v) is 8.14. The van der Waals surface area contributed by atoms with Crippen LogP contribution >= 0.6 is 45.2 Å². The molecular formula is C19H17I2NO6. The van der Waals surface area contributed by atoms with Crippen LogP contribution in [-0.2, 0) is 16.0 Å². The molecule has 7 nitrogen and oxygen atoms in total. The first-order chi connectivity index (χ1) is 13.2. The third-order valence-electron chi connectivity index (χ3n) is 3.41. The zero-order chi connectivity index (χ0) is 20.8. The third-order valence-corrected chi connectivity index (χ3v) is 5.01. The summed E-state index contributed by atoms with van der Waals surface area (Å²) in [6.45, 7) is 4.94. The Balaban J connectivity index is 2.17. The maximum absolute atomic E-state index is 11.7. The van der Waals surface area contributed by atoms with Crippen LogP contribution in [-0.4, -0.2) is 28.3 Å². The Labute approximate surface area is 189 Å². The van der Waals surface area contributed by atoms with Gasteiger partial charge in [-0.15, -0.1) is 0 Å². The fourth-order valence-corrected chi connectivity index (χ4v) is 4.34. The molecule has 1 unspecified atom stereocenters. The highest BCUT2D eigenvalue weighted by atomic mass is 127. The van der Waals surface area contributed by atoms with Gasteiger partial charge in [-0.05, 0) is 94.1 Å². The molecule has 28 heavy (non-hydrogen) atoms. The minimum atomic E-state index is -1.17. The molecule has 9 heteroatoms. The standard InChI is InChI=1S/C19H17I2NO6/c1-10(2)27-19(26)22-16(18(24)25)9-11-7-14(20)17(15(21)8-11)28-13-5-3-12(23)4-6-13/h3-8,16,23H,1,9H2,2H3,(H,22,26)(H,24,25). The van der Waals surface area contributed by atoms with Crippen LogP contribution in [0.5, 0.6) is 17.2 Å². The van der Waals surface area contributed by atoms with E-state index in [1.165, 1.54) is 19.1 Å². The minimum Gasteiger partial charge on any atom is -0.508 e. The number of carbonyl (C=O) groups is 2. The summed E-state index contributed by atoms with van der Waals surface area (Å²) in [5.74, 6) is 0.324. The smallest absolute Gasteiger partial charge is 0.412 e. The molecule has 3 N–H and O–H groups in total. The highest BCUT2D eigenvalue weighted by Crippen LogP contribution is 2.33. The van der Waals surface area contributed by atoms with Crippen molar-refractivity contribution in [2.45, 2.75) is 19.4 Å². The Morgan fingerprint density at radius 1 is 1.18 bits per heavy atom. The van der Waals surface area contributed by atoms with Gasteiger partial charge >= 0.3 is 12.1 Å². The predicted octanol–water partition coefficient (Wildman–Crippen LogP) is 4.65. The van der Waals surface area contributed by atoms with Gasteiger partial charge in [-0.25, -0.2) is 9.59 Å². The van der Waals surface area contributed by atoms with E-state index < -0.39 is 18.1 Å². The SMILES string of the molecule is C=C(C)OC(=O)NC(Cc1cc(I)c(Oc2ccc(O)cc2)c(I)c1)C(=O)O. The molecule has 2 rings (SSSR count). The van der Waals surface area contributed by atoms with Gasteiger partial charge < -0.3 is 25.0 Å². The van der Waals surface area contributed by atoms with Gasteiger partial charge in [0.15, 0.2) is 5.75 Å². The number of allylic oxidation sites excluding steroid dienone is 1. The highest BCUT2D eigenvalue weighted by Gasteiger charge is 2.22. The number of carbonyl (C=O) groups excluding carboxylic acids is 1. The average Bonchev–Trinajstić information content (AvgIpc) is 2.58. The molecular weight excluding hydrogens is 592 g/mol. The summed E-state index contributed by atoms with van der Waals surface area (Å²) >= 11 is 4.20. The van der Waals surface area contributed by atoms with Gasteiger partial charge in [0.2, 0.25) is 0 Å². The summed E-state index contributed by atoms with van der Waals surface area (Å²) < 4.78 is 12.2. The number of carboxylic acids is 1. The Morgan fingerprint density at radius 2 is 1.75 bits per heavy atom. The normalized spacial score (nSPS) is 11.4.